The number of aliphatic imine (C=N–C) groups is 1. The van der Waals surface area contributed by atoms with Crippen molar-refractivity contribution in [3.63, 3.8) is 0 Å². The zero-order valence-corrected chi connectivity index (χ0v) is 18.0. The number of methoxy groups -OCH3 is 1. The lowest BCUT2D eigenvalue weighted by Crippen LogP contribution is -2.45. The van der Waals surface area contributed by atoms with Gasteiger partial charge in [0.1, 0.15) is 0 Å². The predicted molar refractivity (Wildman–Crippen MR) is 112 cm³/mol. The number of hydrogen-bond donors (Lipinski definition) is 2. The fraction of sp³-hybridized carbons (Fsp3) is 0.556. The number of ether oxygens (including phenoxy) is 1. The van der Waals surface area contributed by atoms with Crippen molar-refractivity contribution in [2.45, 2.75) is 32.9 Å². The maximum Gasteiger partial charge on any atom is 0.225 e. The molecule has 1 amide bonds. The first-order valence-corrected chi connectivity index (χ1v) is 8.53. The van der Waals surface area contributed by atoms with Crippen LogP contribution in [-0.4, -0.2) is 50.1 Å². The third kappa shape index (κ3) is 6.00. The van der Waals surface area contributed by atoms with Gasteiger partial charge in [-0.05, 0) is 24.1 Å². The molecule has 1 aromatic carbocycles. The molecule has 26 heavy (non-hydrogen) atoms. The molecule has 2 rings (SSSR count). The number of hydrogen-bond acceptors (Lipinski definition) is 3. The first-order valence-electron chi connectivity index (χ1n) is 8.53. The zero-order chi connectivity index (χ0) is 18.4. The van der Waals surface area contributed by atoms with Crippen molar-refractivity contribution in [2.24, 2.45) is 10.9 Å². The van der Waals surface area contributed by atoms with Crippen LogP contribution in [0.3, 0.4) is 0 Å². The first-order chi connectivity index (χ1) is 11.9. The van der Waals surface area contributed by atoms with Crippen molar-refractivity contribution in [1.29, 1.82) is 0 Å². The summed E-state index contributed by atoms with van der Waals surface area (Å²) >= 11 is 0. The molecule has 0 spiro atoms. The molecule has 1 fully saturated rings. The second-order valence-electron chi connectivity index (χ2n) is 6.46. The fourth-order valence-corrected chi connectivity index (χ4v) is 2.84. The lowest BCUT2D eigenvalue weighted by molar-refractivity contribution is -0.133. The van der Waals surface area contributed by atoms with Crippen LogP contribution in [0.4, 0.5) is 4.39 Å². The molecule has 1 saturated heterocycles. The maximum absolute atomic E-state index is 13.7. The number of amides is 1. The van der Waals surface area contributed by atoms with E-state index in [1.807, 2.05) is 18.7 Å². The maximum atomic E-state index is 13.7. The molecule has 1 heterocycles. The lowest BCUT2D eigenvalue weighted by Gasteiger charge is -2.20. The van der Waals surface area contributed by atoms with Gasteiger partial charge in [-0.3, -0.25) is 9.79 Å². The van der Waals surface area contributed by atoms with Gasteiger partial charge in [0.2, 0.25) is 5.91 Å². The van der Waals surface area contributed by atoms with Gasteiger partial charge in [0, 0.05) is 38.6 Å². The topological polar surface area (TPSA) is 66.0 Å². The second-order valence-corrected chi connectivity index (χ2v) is 6.46. The van der Waals surface area contributed by atoms with E-state index in [-0.39, 0.29) is 53.4 Å². The summed E-state index contributed by atoms with van der Waals surface area (Å²) in [4.78, 5) is 18.1. The predicted octanol–water partition coefficient (Wildman–Crippen LogP) is 2.37. The number of carbonyl (C=O) groups is 1. The molecule has 0 bridgehead atoms. The van der Waals surface area contributed by atoms with E-state index in [1.54, 1.807) is 19.2 Å². The number of nitrogens with one attached hydrogen (secondary N) is 2. The Labute approximate surface area is 171 Å². The van der Waals surface area contributed by atoms with Crippen LogP contribution in [0, 0.1) is 11.7 Å². The fourth-order valence-electron chi connectivity index (χ4n) is 2.84. The smallest absolute Gasteiger partial charge is 0.225 e. The minimum atomic E-state index is -0.386. The highest BCUT2D eigenvalue weighted by Crippen LogP contribution is 2.17. The van der Waals surface area contributed by atoms with Crippen molar-refractivity contribution in [3.8, 4) is 5.75 Å². The van der Waals surface area contributed by atoms with E-state index in [0.717, 1.165) is 18.5 Å². The van der Waals surface area contributed by atoms with Gasteiger partial charge in [0.25, 0.3) is 0 Å². The summed E-state index contributed by atoms with van der Waals surface area (Å²) in [6.45, 7) is 5.71. The summed E-state index contributed by atoms with van der Waals surface area (Å²) < 4.78 is 18.6. The standard InChI is InChI=1S/C18H27FN4O2.HI/c1-12(2)17(24)23-8-7-14(11-23)22-18(20-3)21-10-13-5-6-16(25-4)15(19)9-13;/h5-6,9,12,14H,7-8,10-11H2,1-4H3,(H2,20,21,22);1H. The molecule has 1 aromatic rings. The van der Waals surface area contributed by atoms with Crippen LogP contribution < -0.4 is 15.4 Å². The average Bonchev–Trinajstić information content (AvgIpc) is 3.06. The third-order valence-electron chi connectivity index (χ3n) is 4.23. The molecular weight excluding hydrogens is 450 g/mol. The van der Waals surface area contributed by atoms with Gasteiger partial charge < -0.3 is 20.3 Å². The van der Waals surface area contributed by atoms with E-state index in [2.05, 4.69) is 15.6 Å². The molecule has 1 atom stereocenters. The monoisotopic (exact) mass is 478 g/mol. The molecule has 0 aliphatic carbocycles. The Morgan fingerprint density at radius 2 is 2.19 bits per heavy atom. The van der Waals surface area contributed by atoms with E-state index in [4.69, 9.17) is 4.74 Å². The molecule has 1 unspecified atom stereocenters. The Morgan fingerprint density at radius 1 is 1.46 bits per heavy atom. The number of nitrogens with zero attached hydrogens (tertiary/aromatic N) is 2. The Morgan fingerprint density at radius 3 is 2.77 bits per heavy atom. The Kier molecular flexibility index (Phi) is 9.11. The van der Waals surface area contributed by atoms with E-state index >= 15 is 0 Å². The molecule has 8 heteroatoms. The summed E-state index contributed by atoms with van der Waals surface area (Å²) in [5, 5.41) is 6.50. The van der Waals surface area contributed by atoms with Gasteiger partial charge in [-0.25, -0.2) is 4.39 Å². The third-order valence-corrected chi connectivity index (χ3v) is 4.23. The number of halogens is 2. The van der Waals surface area contributed by atoms with Crippen LogP contribution in [0.5, 0.6) is 5.75 Å². The molecule has 1 aliphatic rings. The molecule has 0 saturated carbocycles. The van der Waals surface area contributed by atoms with Crippen molar-refractivity contribution < 1.29 is 13.9 Å². The minimum Gasteiger partial charge on any atom is -0.494 e. The lowest BCUT2D eigenvalue weighted by atomic mass is 10.2. The average molecular weight is 478 g/mol. The Balaban J connectivity index is 0.00000338. The van der Waals surface area contributed by atoms with Crippen molar-refractivity contribution in [1.82, 2.24) is 15.5 Å². The van der Waals surface area contributed by atoms with Crippen LogP contribution in [0.25, 0.3) is 0 Å². The molecule has 0 aromatic heterocycles. The highest BCUT2D eigenvalue weighted by molar-refractivity contribution is 14.0. The van der Waals surface area contributed by atoms with Crippen LogP contribution >= 0.6 is 24.0 Å². The summed E-state index contributed by atoms with van der Waals surface area (Å²) in [5.74, 6) is 0.678. The van der Waals surface area contributed by atoms with Gasteiger partial charge in [-0.1, -0.05) is 19.9 Å². The van der Waals surface area contributed by atoms with Gasteiger partial charge in [-0.2, -0.15) is 0 Å². The van der Waals surface area contributed by atoms with E-state index < -0.39 is 0 Å². The highest BCUT2D eigenvalue weighted by atomic mass is 127. The summed E-state index contributed by atoms with van der Waals surface area (Å²) in [6.07, 6.45) is 0.885. The van der Waals surface area contributed by atoms with Gasteiger partial charge >= 0.3 is 0 Å². The summed E-state index contributed by atoms with van der Waals surface area (Å²) in [5.41, 5.74) is 0.796. The molecule has 0 radical (unpaired) electrons. The van der Waals surface area contributed by atoms with E-state index in [0.29, 0.717) is 19.0 Å². The largest absolute Gasteiger partial charge is 0.494 e. The van der Waals surface area contributed by atoms with E-state index in [1.165, 1.54) is 13.2 Å². The van der Waals surface area contributed by atoms with Gasteiger partial charge in [0.05, 0.1) is 7.11 Å². The van der Waals surface area contributed by atoms with Gasteiger partial charge in [-0.15, -0.1) is 24.0 Å². The van der Waals surface area contributed by atoms with Gasteiger partial charge in [0.15, 0.2) is 17.5 Å². The Bertz CT molecular complexity index is 640. The number of carbonyl (C=O) groups excluding carboxylic acids is 1. The summed E-state index contributed by atoms with van der Waals surface area (Å²) in [7, 11) is 3.13. The molecular formula is C18H28FIN4O2. The molecule has 146 valence electrons. The minimum absolute atomic E-state index is 0. The Hall–Kier alpha value is -1.58. The number of benzene rings is 1. The van der Waals surface area contributed by atoms with Crippen LogP contribution in [0.2, 0.25) is 0 Å². The molecule has 2 N–H and O–H groups in total. The van der Waals surface area contributed by atoms with Crippen molar-refractivity contribution in [3.05, 3.63) is 29.6 Å². The summed E-state index contributed by atoms with van der Waals surface area (Å²) in [6, 6.07) is 5.02. The van der Waals surface area contributed by atoms with Crippen molar-refractivity contribution >= 4 is 35.8 Å². The SMILES string of the molecule is CN=C(NCc1ccc(OC)c(F)c1)NC1CCN(C(=O)C(C)C)C1.I. The molecule has 1 aliphatic heterocycles. The quantitative estimate of drug-likeness (QED) is 0.388. The number of likely N-dealkylation sites (tertiary alicyclic amines) is 1. The van der Waals surface area contributed by atoms with E-state index in [9.17, 15) is 9.18 Å². The normalized spacial score (nSPS) is 17.1. The molecule has 6 nitrogen and oxygen atoms in total. The number of guanidine groups is 1. The number of rotatable bonds is 5. The van der Waals surface area contributed by atoms with Crippen molar-refractivity contribution in [2.75, 3.05) is 27.2 Å². The first kappa shape index (κ1) is 22.5. The van der Waals surface area contributed by atoms with Crippen LogP contribution in [-0.2, 0) is 11.3 Å². The second kappa shape index (κ2) is 10.5. The zero-order valence-electron chi connectivity index (χ0n) is 15.7. The highest BCUT2D eigenvalue weighted by Gasteiger charge is 2.27. The van der Waals surface area contributed by atoms with Crippen LogP contribution in [0.1, 0.15) is 25.8 Å². The van der Waals surface area contributed by atoms with Crippen LogP contribution in [0.15, 0.2) is 23.2 Å².